The number of primary amides is 1. The fraction of sp³-hybridized carbons (Fsp3) is 0.466. The molecule has 0 aliphatic rings. The first-order valence-corrected chi connectivity index (χ1v) is 37.6. The molecule has 0 bridgehead atoms. The molecule has 6 amide bonds. The van der Waals surface area contributed by atoms with Crippen molar-refractivity contribution in [2.75, 3.05) is 69.8 Å². The molecule has 0 spiro atoms. The van der Waals surface area contributed by atoms with Crippen molar-refractivity contribution >= 4 is 111 Å². The maximum Gasteiger partial charge on any atom is 0.243 e. The van der Waals surface area contributed by atoms with E-state index in [0.29, 0.717) is 29.7 Å². The number of aromatic nitrogens is 1. The van der Waals surface area contributed by atoms with E-state index < -0.39 is 126 Å². The maximum absolute atomic E-state index is 15.0. The molecule has 5 rings (SSSR count). The van der Waals surface area contributed by atoms with Gasteiger partial charge in [0.25, 0.3) is 0 Å². The number of Topliss-reactive ketones (excluding diaryl/α,β-unsaturated/α-hetero) is 4. The second kappa shape index (κ2) is 46.4. The number of para-hydroxylation sites is 1. The third-order valence-corrected chi connectivity index (χ3v) is 18.6. The normalized spacial score (nSPS) is 14.1. The third kappa shape index (κ3) is 30.9. The van der Waals surface area contributed by atoms with Crippen LogP contribution in [0, 0.1) is 0 Å². The number of aromatic amines is 1. The number of aliphatic imine (C=N–C) groups is 2. The van der Waals surface area contributed by atoms with E-state index in [1.807, 2.05) is 97.4 Å². The predicted octanol–water partition coefficient (Wildman–Crippen LogP) is -0.212. The van der Waals surface area contributed by atoms with Gasteiger partial charge in [0, 0.05) is 69.0 Å². The molecule has 29 nitrogen and oxygen atoms in total. The van der Waals surface area contributed by atoms with Gasteiger partial charge in [0.15, 0.2) is 35.1 Å². The molecule has 4 aromatic carbocycles. The van der Waals surface area contributed by atoms with Crippen LogP contribution in [-0.2, 0) is 78.4 Å². The van der Waals surface area contributed by atoms with Crippen molar-refractivity contribution in [3.8, 4) is 0 Å². The summed E-state index contributed by atoms with van der Waals surface area (Å²) in [5.74, 6) is -4.79. The smallest absolute Gasteiger partial charge is 0.243 e. The Balaban J connectivity index is 1.37. The molecule has 1 heterocycles. The van der Waals surface area contributed by atoms with Crippen LogP contribution in [0.3, 0.4) is 0 Å². The first-order valence-electron chi connectivity index (χ1n) is 34.8. The summed E-state index contributed by atoms with van der Waals surface area (Å²) < 4.78 is 0. The summed E-state index contributed by atoms with van der Waals surface area (Å²) in [6.45, 7) is 0.771. The summed E-state index contributed by atoms with van der Waals surface area (Å²) in [6, 6.07) is 25.7. The standard InChI is InChI=1S/C73H104N18O11S2/c1-47(66(98)81-34-17-36-103-2)88-70(102)60(40-50-22-11-6-12-23-50)91-69(101)59(39-49-20-9-5-10-21-49)87-45-63(95)57(41-51-42-84-53-25-14-13-24-52(51)53)90-67(99)56(30-37-104-3)85-44-62(94)55(26-15-32-82-71(75)76)89-68(100)58(38-48-18-7-4-8-19-48)86-43-61(93)54(27-28-65(74)97)80-35-29-64(96)73(79,46-92)31-16-33-83-72(77)78/h4-14,18-25,42,46-47,54-60,80,84-87H,15-17,26-41,43-45,79H2,1-3H3,(H2,74,97)(H,81,98)(H,88,102)(H,89,100)(H,90,99)(H,91,101)(H4,75,76,82)(H4,77,78,83)/t47?,54?,55-,56-,57?,58?,59?,60-,73?/m0/s1. The first-order chi connectivity index (χ1) is 49.9. The number of hydrogen-bond acceptors (Lipinski definition) is 20. The van der Waals surface area contributed by atoms with Crippen LogP contribution in [0.15, 0.2) is 131 Å². The molecule has 5 aromatic rings. The van der Waals surface area contributed by atoms with Crippen LogP contribution in [-0.4, -0.2) is 205 Å². The van der Waals surface area contributed by atoms with E-state index in [1.165, 1.54) is 11.8 Å². The summed E-state index contributed by atoms with van der Waals surface area (Å²) in [5, 5.41) is 27.5. The lowest BCUT2D eigenvalue weighted by Gasteiger charge is -2.26. The number of H-pyrrole nitrogens is 1. The number of rotatable bonds is 53. The van der Waals surface area contributed by atoms with Crippen LogP contribution in [0.4, 0.5) is 0 Å². The third-order valence-electron chi connectivity index (χ3n) is 17.2. The number of nitrogens with two attached hydrogens (primary N) is 6. The van der Waals surface area contributed by atoms with Gasteiger partial charge in [-0.05, 0) is 117 Å². The van der Waals surface area contributed by atoms with Crippen molar-refractivity contribution in [3.63, 3.8) is 0 Å². The van der Waals surface area contributed by atoms with E-state index in [0.717, 1.165) is 34.2 Å². The largest absolute Gasteiger partial charge is 0.370 e. The maximum atomic E-state index is 15.0. The number of thioether (sulfide) groups is 2. The van der Waals surface area contributed by atoms with Gasteiger partial charge in [0.05, 0.1) is 55.9 Å². The highest BCUT2D eigenvalue weighted by Crippen LogP contribution is 2.21. The molecule has 22 N–H and O–H groups in total. The van der Waals surface area contributed by atoms with Crippen molar-refractivity contribution in [2.45, 2.75) is 144 Å². The quantitative estimate of drug-likeness (QED) is 0.00787. The van der Waals surface area contributed by atoms with E-state index in [-0.39, 0.29) is 115 Å². The highest BCUT2D eigenvalue weighted by molar-refractivity contribution is 7.98. The van der Waals surface area contributed by atoms with Crippen LogP contribution < -0.4 is 82.3 Å². The van der Waals surface area contributed by atoms with E-state index >= 15 is 4.79 Å². The Morgan fingerprint density at radius 2 is 0.971 bits per heavy atom. The van der Waals surface area contributed by atoms with Crippen LogP contribution in [0.2, 0.25) is 0 Å². The van der Waals surface area contributed by atoms with E-state index in [2.05, 4.69) is 62.8 Å². The number of amides is 6. The summed E-state index contributed by atoms with van der Waals surface area (Å²) in [7, 11) is 0. The molecule has 9 atom stereocenters. The van der Waals surface area contributed by atoms with Crippen LogP contribution in [0.25, 0.3) is 10.9 Å². The van der Waals surface area contributed by atoms with Gasteiger partial charge in [-0.2, -0.15) is 23.5 Å². The highest BCUT2D eigenvalue weighted by atomic mass is 32.2. The number of ketones is 4. The van der Waals surface area contributed by atoms with E-state index in [1.54, 1.807) is 55.2 Å². The van der Waals surface area contributed by atoms with E-state index in [9.17, 15) is 47.9 Å². The lowest BCUT2D eigenvalue weighted by Crippen LogP contribution is -2.58. The number of benzene rings is 4. The monoisotopic (exact) mass is 1470 g/mol. The van der Waals surface area contributed by atoms with Crippen molar-refractivity contribution in [2.24, 2.45) is 44.4 Å². The summed E-state index contributed by atoms with van der Waals surface area (Å²) >= 11 is 3.10. The Hall–Kier alpha value is -9.37. The van der Waals surface area contributed by atoms with Gasteiger partial charge in [0.1, 0.15) is 23.9 Å². The Morgan fingerprint density at radius 1 is 0.490 bits per heavy atom. The minimum absolute atomic E-state index is 0.00411. The summed E-state index contributed by atoms with van der Waals surface area (Å²) in [4.78, 5) is 164. The number of guanidine groups is 2. The number of aldehydes is 1. The van der Waals surface area contributed by atoms with Crippen LogP contribution >= 0.6 is 23.5 Å². The summed E-state index contributed by atoms with van der Waals surface area (Å²) in [5.41, 5.74) is 35.6. The zero-order valence-electron chi connectivity index (χ0n) is 59.5. The Labute approximate surface area is 615 Å². The highest BCUT2D eigenvalue weighted by Gasteiger charge is 2.35. The molecule has 0 aliphatic carbocycles. The molecule has 0 radical (unpaired) electrons. The Kier molecular flexibility index (Phi) is 38.0. The zero-order valence-corrected chi connectivity index (χ0v) is 61.1. The fourth-order valence-corrected chi connectivity index (χ4v) is 12.2. The lowest BCUT2D eigenvalue weighted by atomic mass is 9.89. The molecular weight excluding hydrogens is 1370 g/mol. The molecule has 0 fully saturated rings. The number of carbonyl (C=O) groups is 11. The second-order valence-electron chi connectivity index (χ2n) is 25.4. The lowest BCUT2D eigenvalue weighted by molar-refractivity contribution is -0.132. The van der Waals surface area contributed by atoms with Crippen molar-refractivity contribution in [1.82, 2.24) is 52.8 Å². The number of nitrogens with zero attached hydrogens (tertiary/aromatic N) is 2. The van der Waals surface area contributed by atoms with Crippen molar-refractivity contribution in [3.05, 3.63) is 144 Å². The topological polar surface area (TPSA) is 493 Å². The number of carbonyl (C=O) groups excluding carboxylic acids is 11. The zero-order chi connectivity index (χ0) is 75.8. The van der Waals surface area contributed by atoms with Crippen LogP contribution in [0.1, 0.15) is 87.0 Å². The molecule has 31 heteroatoms. The molecule has 6 unspecified atom stereocenters. The summed E-state index contributed by atoms with van der Waals surface area (Å²) in [6.07, 6.45) is 6.92. The van der Waals surface area contributed by atoms with Gasteiger partial charge in [0.2, 0.25) is 35.4 Å². The molecule has 0 saturated carbocycles. The predicted molar refractivity (Wildman–Crippen MR) is 408 cm³/mol. The van der Waals surface area contributed by atoms with Crippen molar-refractivity contribution < 1.29 is 52.7 Å². The minimum Gasteiger partial charge on any atom is -0.370 e. The van der Waals surface area contributed by atoms with Gasteiger partial charge in [-0.3, -0.25) is 73.9 Å². The number of hydrogen-bond donors (Lipinski definition) is 16. The number of nitrogens with one attached hydrogen (secondary N) is 10. The molecule has 564 valence electrons. The van der Waals surface area contributed by atoms with Crippen LogP contribution in [0.5, 0.6) is 0 Å². The SMILES string of the molecule is CSCCCNC(=O)C(C)NC(=O)[C@H](Cc1ccccc1)NC(=O)C(Cc1ccccc1)NCC(=O)C(Cc1c[nH]c2ccccc12)NC(=O)[C@H](CCSC)NCC(=O)[C@H](CCCN=C(N)N)NC(=O)C(Cc1ccccc1)NCC(=O)C(CCC(N)=O)NCCC(=O)C(N)(C=O)CCCN=C(N)N. The fourth-order valence-electron chi connectivity index (χ4n) is 11.3. The number of fused-ring (bicyclic) bond motifs is 1. The van der Waals surface area contributed by atoms with Gasteiger partial charge in [-0.25, -0.2) is 0 Å². The molecule has 0 aliphatic heterocycles. The Bertz CT molecular complexity index is 3640. The van der Waals surface area contributed by atoms with E-state index in [4.69, 9.17) is 34.4 Å². The minimum atomic E-state index is -1.85. The van der Waals surface area contributed by atoms with Crippen molar-refractivity contribution in [1.29, 1.82) is 0 Å². The second-order valence-corrected chi connectivity index (χ2v) is 27.3. The molecular formula is C73H104N18O11S2. The average molecular weight is 1470 g/mol. The van der Waals surface area contributed by atoms with Gasteiger partial charge < -0.3 is 76.1 Å². The first kappa shape index (κ1) is 85.3. The molecule has 1 aromatic heterocycles. The average Bonchev–Trinajstić information content (AvgIpc) is 1.64. The van der Waals surface area contributed by atoms with Gasteiger partial charge >= 0.3 is 0 Å². The van der Waals surface area contributed by atoms with Gasteiger partial charge in [-0.15, -0.1) is 0 Å². The molecule has 0 saturated heterocycles. The Morgan fingerprint density at radius 3 is 1.52 bits per heavy atom. The molecule has 104 heavy (non-hydrogen) atoms. The van der Waals surface area contributed by atoms with Gasteiger partial charge in [-0.1, -0.05) is 109 Å².